The van der Waals surface area contributed by atoms with Gasteiger partial charge in [0.15, 0.2) is 0 Å². The van der Waals surface area contributed by atoms with Gasteiger partial charge in [0.05, 0.1) is 18.8 Å². The number of likely N-dealkylation sites (N-methyl/N-ethyl adjacent to an activating group) is 5. The first kappa shape index (κ1) is 140. The van der Waals surface area contributed by atoms with Crippen LogP contribution in [0, 0.1) is 11.3 Å². The highest BCUT2D eigenvalue weighted by atomic mass is 16.5. The number of nitrogens with one attached hydrogen (secondary N) is 3. The van der Waals surface area contributed by atoms with Gasteiger partial charge in [-0.2, -0.15) is 5.26 Å². The van der Waals surface area contributed by atoms with Gasteiger partial charge in [0.2, 0.25) is 0 Å². The molecule has 0 aromatic heterocycles. The molecule has 0 spiro atoms. The first-order valence-electron chi connectivity index (χ1n) is 40.7. The zero-order valence-electron chi connectivity index (χ0n) is 79.8. The number of nitrogens with zero attached hydrogens (tertiary/aromatic N) is 14. The molecule has 0 fully saturated rings. The molecule has 0 aliphatic heterocycles. The van der Waals surface area contributed by atoms with Gasteiger partial charge in [-0.3, -0.25) is 0 Å². The second kappa shape index (κ2) is 142. The van der Waals surface area contributed by atoms with Crippen LogP contribution in [0.2, 0.25) is 0 Å². The first-order valence-corrected chi connectivity index (χ1v) is 40.7. The van der Waals surface area contributed by atoms with Gasteiger partial charge in [0, 0.05) is 73.6 Å². The summed E-state index contributed by atoms with van der Waals surface area (Å²) < 4.78 is 14.1. The molecule has 0 bridgehead atoms. The highest BCUT2D eigenvalue weighted by Gasteiger charge is 1.98. The molecule has 0 aliphatic carbocycles. The zero-order chi connectivity index (χ0) is 83.8. The van der Waals surface area contributed by atoms with Crippen LogP contribution < -0.4 is 16.0 Å². The summed E-state index contributed by atoms with van der Waals surface area (Å²) in [5, 5.41) is 17.4. The van der Waals surface area contributed by atoms with Crippen molar-refractivity contribution in [2.75, 3.05) is 338 Å². The molecule has 0 amide bonds. The molecule has 3 N–H and O–H groups in total. The molecule has 20 heteroatoms. The summed E-state index contributed by atoms with van der Waals surface area (Å²) in [5.74, 6) is 0. The van der Waals surface area contributed by atoms with E-state index in [-0.39, 0.29) is 0 Å². The summed E-state index contributed by atoms with van der Waals surface area (Å²) in [6.07, 6.45) is 6.19. The third kappa shape index (κ3) is 240. The number of hydrogen-bond acceptors (Lipinski definition) is 20. The Labute approximate surface area is 651 Å². The Hall–Kier alpha value is -1.27. The monoisotopic (exact) mass is 1480 g/mol. The van der Waals surface area contributed by atoms with Gasteiger partial charge in [-0.25, -0.2) is 0 Å². The van der Waals surface area contributed by atoms with Crippen molar-refractivity contribution >= 4 is 0 Å². The topological polar surface area (TPSA) is 130 Å². The molecule has 0 aliphatic rings. The Morgan fingerprint density at radius 3 is 0.755 bits per heavy atom. The van der Waals surface area contributed by atoms with Crippen LogP contribution in [-0.4, -0.2) is 407 Å². The number of methoxy groups -OCH3 is 3. The second-order valence-electron chi connectivity index (χ2n) is 25.5. The standard InChI is InChI=1S/C8H20N2.C7H18N2.C7H17N.C6H12N2.2C6H15N.C5H13NO.3C5H13N.3C4H11N.C4H10O.C3H9N.C3H8O/c1-5-10(6-2)8-7-9(3)4;1-5-9(4)7-6-8(2)3;1-4-6-7-8(3)5-2;1-3-8(2)6-4-5-7;1-4-6-7(3)5-2;1-4-7(5-2)6-3;1-6(2)4-5-7-3;2*1-4-6(3)5-2;1-3-5-6-4-2;2*1-4-5(2)3;1-3-5-4-2;1-4(2)5-3;2*1-3-4-2/h5-8H2,1-4H3;5-7H2,1-4H3;4-7H2,1-3H3;3-4,6H2,1-2H3;2*4-6H2,1-3H3;4-5H2,1-3H3;2*4-5H2,1-3H3;6H,3-5H2,1-2H3;2*4H2,1-3H3;5H,3-4H2,1-2H3;4H,1-3H3;4H,3H2,1-2H3;3H2,1-2H3. The van der Waals surface area contributed by atoms with E-state index >= 15 is 0 Å². The Morgan fingerprint density at radius 1 is 0.314 bits per heavy atom. The Bertz CT molecular complexity index is 1150. The lowest BCUT2D eigenvalue weighted by molar-refractivity contribution is 0.134. The van der Waals surface area contributed by atoms with Crippen molar-refractivity contribution in [1.29, 1.82) is 5.26 Å². The van der Waals surface area contributed by atoms with Crippen molar-refractivity contribution in [3.63, 3.8) is 0 Å². The molecule has 0 atom stereocenters. The van der Waals surface area contributed by atoms with E-state index in [0.717, 1.165) is 118 Å². The minimum atomic E-state index is 0.384. The molecule has 0 radical (unpaired) electrons. The molecule has 0 rings (SSSR count). The van der Waals surface area contributed by atoms with E-state index in [2.05, 4.69) is 334 Å². The summed E-state index contributed by atoms with van der Waals surface area (Å²) in [7, 11) is 40.4. The average Bonchev–Trinajstić information content (AvgIpc) is 3.80. The first-order chi connectivity index (χ1) is 48.0. The van der Waals surface area contributed by atoms with E-state index in [1.807, 2.05) is 49.0 Å². The molecular formula is C82H209N17O3. The SMILES string of the molecule is CCCCN(C)CC.CCCN(C)CC.CCCNCC.CCN(C)C.CCN(C)C.CCN(C)CC.CCN(C)CC.CCN(C)CCC#N.CCN(C)CCN(C)C.CCN(CC)CC.CCN(CC)CCN(C)C.CCNC.CCNCC.CCOC.COC(C)C.COCCN(C)C. The van der Waals surface area contributed by atoms with Crippen LogP contribution in [0.25, 0.3) is 0 Å². The van der Waals surface area contributed by atoms with Gasteiger partial charge >= 0.3 is 0 Å². The molecular weight excluding hydrogens is 1270 g/mol. The quantitative estimate of drug-likeness (QED) is 0.0504. The summed E-state index contributed by atoms with van der Waals surface area (Å²) in [6.45, 7) is 87.0. The predicted molar refractivity (Wildman–Crippen MR) is 475 cm³/mol. The van der Waals surface area contributed by atoms with Crippen LogP contribution >= 0.6 is 0 Å². The van der Waals surface area contributed by atoms with Crippen LogP contribution in [-0.2, 0) is 14.2 Å². The third-order valence-corrected chi connectivity index (χ3v) is 14.7. The van der Waals surface area contributed by atoms with Crippen LogP contribution in [0.15, 0.2) is 0 Å². The molecule has 0 unspecified atom stereocenters. The van der Waals surface area contributed by atoms with Gasteiger partial charge in [-0.15, -0.1) is 0 Å². The summed E-state index contributed by atoms with van der Waals surface area (Å²) in [5.41, 5.74) is 0. The number of nitriles is 1. The van der Waals surface area contributed by atoms with Crippen molar-refractivity contribution in [1.82, 2.24) is 79.6 Å². The third-order valence-electron chi connectivity index (χ3n) is 14.7. The van der Waals surface area contributed by atoms with Crippen molar-refractivity contribution in [2.45, 2.75) is 211 Å². The molecule has 0 heterocycles. The molecule has 0 aromatic carbocycles. The van der Waals surface area contributed by atoms with E-state index in [4.69, 9.17) is 14.7 Å². The van der Waals surface area contributed by atoms with E-state index < -0.39 is 0 Å². The van der Waals surface area contributed by atoms with Crippen LogP contribution in [0.5, 0.6) is 0 Å². The zero-order valence-corrected chi connectivity index (χ0v) is 79.8. The molecule has 640 valence electrons. The number of hydrogen-bond donors (Lipinski definition) is 3. The van der Waals surface area contributed by atoms with E-state index in [0.29, 0.717) is 12.5 Å². The van der Waals surface area contributed by atoms with Gasteiger partial charge in [-0.05, 0) is 304 Å². The van der Waals surface area contributed by atoms with E-state index in [9.17, 15) is 0 Å². The maximum atomic E-state index is 8.13. The lowest BCUT2D eigenvalue weighted by Crippen LogP contribution is -2.31. The number of ether oxygens (including phenoxy) is 3. The van der Waals surface area contributed by atoms with Gasteiger partial charge in [0.1, 0.15) is 0 Å². The van der Waals surface area contributed by atoms with Gasteiger partial charge in [0.25, 0.3) is 0 Å². The van der Waals surface area contributed by atoms with E-state index in [1.54, 1.807) is 21.3 Å². The summed E-state index contributed by atoms with van der Waals surface area (Å²) in [6, 6.07) is 2.09. The lowest BCUT2D eigenvalue weighted by Gasteiger charge is -2.20. The van der Waals surface area contributed by atoms with Crippen molar-refractivity contribution < 1.29 is 14.2 Å². The highest BCUT2D eigenvalue weighted by Crippen LogP contribution is 1.90. The fraction of sp³-hybridized carbons (Fsp3) is 0.988. The van der Waals surface area contributed by atoms with Crippen LogP contribution in [0.1, 0.15) is 205 Å². The molecule has 102 heavy (non-hydrogen) atoms. The van der Waals surface area contributed by atoms with Crippen LogP contribution in [0.3, 0.4) is 0 Å². The van der Waals surface area contributed by atoms with Crippen molar-refractivity contribution in [2.24, 2.45) is 0 Å². The maximum Gasteiger partial charge on any atom is 0.0635 e. The van der Waals surface area contributed by atoms with Crippen LogP contribution in [0.4, 0.5) is 0 Å². The van der Waals surface area contributed by atoms with E-state index in [1.165, 1.54) is 104 Å². The molecule has 0 saturated carbocycles. The normalized spacial score (nSPS) is 9.90. The summed E-state index contributed by atoms with van der Waals surface area (Å²) >= 11 is 0. The Balaban J connectivity index is -0.0000000556. The highest BCUT2D eigenvalue weighted by molar-refractivity contribution is 4.70. The van der Waals surface area contributed by atoms with Gasteiger partial charge < -0.3 is 93.9 Å². The fourth-order valence-corrected chi connectivity index (χ4v) is 4.93. The average molecular weight is 1480 g/mol. The van der Waals surface area contributed by atoms with Gasteiger partial charge in [-0.1, -0.05) is 159 Å². The maximum absolute atomic E-state index is 8.13. The smallest absolute Gasteiger partial charge is 0.0635 e. The summed E-state index contributed by atoms with van der Waals surface area (Å²) in [4.78, 5) is 29.1. The molecule has 20 nitrogen and oxygen atoms in total. The predicted octanol–water partition coefficient (Wildman–Crippen LogP) is 13.5. The minimum absolute atomic E-state index is 0.384. The second-order valence-corrected chi connectivity index (χ2v) is 25.5. The Morgan fingerprint density at radius 2 is 0.608 bits per heavy atom. The van der Waals surface area contributed by atoms with Crippen molar-refractivity contribution in [3.8, 4) is 6.07 Å². The lowest BCUT2D eigenvalue weighted by atomic mass is 10.3. The number of unbranched alkanes of at least 4 members (excludes halogenated alkanes) is 1. The Kier molecular flexibility index (Phi) is 194. The fourth-order valence-electron chi connectivity index (χ4n) is 4.93. The largest absolute Gasteiger partial charge is 0.385 e. The number of rotatable bonds is 39. The minimum Gasteiger partial charge on any atom is -0.385 e. The van der Waals surface area contributed by atoms with Crippen molar-refractivity contribution in [3.05, 3.63) is 0 Å². The molecule has 0 saturated heterocycles. The molecule has 0 aromatic rings.